The third-order valence-electron chi connectivity index (χ3n) is 3.30. The van der Waals surface area contributed by atoms with Crippen LogP contribution in [0.2, 0.25) is 0 Å². The molecule has 0 atom stereocenters. The van der Waals surface area contributed by atoms with Crippen LogP contribution in [0.3, 0.4) is 0 Å². The molecule has 0 bridgehead atoms. The highest BCUT2D eigenvalue weighted by Gasteiger charge is 2.03. The first-order chi connectivity index (χ1) is 9.51. The van der Waals surface area contributed by atoms with Gasteiger partial charge in [-0.1, -0.05) is 49.3 Å². The van der Waals surface area contributed by atoms with E-state index < -0.39 is 0 Å². The summed E-state index contributed by atoms with van der Waals surface area (Å²) >= 11 is 0. The van der Waals surface area contributed by atoms with Crippen molar-refractivity contribution in [2.24, 2.45) is 0 Å². The van der Waals surface area contributed by atoms with E-state index in [1.54, 1.807) is 0 Å². The Morgan fingerprint density at radius 3 is 2.40 bits per heavy atom. The van der Waals surface area contributed by atoms with Gasteiger partial charge in [0.15, 0.2) is 0 Å². The van der Waals surface area contributed by atoms with E-state index in [0.29, 0.717) is 0 Å². The maximum absolute atomic E-state index is 4.16. The minimum Gasteiger partial charge on any atom is -0.368 e. The van der Waals surface area contributed by atoms with Gasteiger partial charge < -0.3 is 4.90 Å². The maximum atomic E-state index is 4.16. The summed E-state index contributed by atoms with van der Waals surface area (Å²) in [4.78, 5) is 2.37. The van der Waals surface area contributed by atoms with Crippen LogP contribution in [0.1, 0.15) is 60.3 Å². The van der Waals surface area contributed by atoms with Crippen LogP contribution < -0.4 is 0 Å². The van der Waals surface area contributed by atoms with Gasteiger partial charge >= 0.3 is 0 Å². The smallest absolute Gasteiger partial charge is 0.0361 e. The lowest BCUT2D eigenvalue weighted by atomic mass is 10.1. The van der Waals surface area contributed by atoms with Crippen LogP contribution >= 0.6 is 0 Å². The highest BCUT2D eigenvalue weighted by atomic mass is 15.1. The molecule has 0 aliphatic rings. The zero-order valence-electron chi connectivity index (χ0n) is 14.2. The van der Waals surface area contributed by atoms with Gasteiger partial charge in [0.1, 0.15) is 0 Å². The second-order valence-electron chi connectivity index (χ2n) is 5.66. The fraction of sp³-hybridized carbons (Fsp3) is 0.579. The molecular formula is C19H33N. The number of rotatable bonds is 10. The first-order valence-electron chi connectivity index (χ1n) is 7.86. The SMILES string of the molecule is C=C(/C=C/C)N(C/C=C(/C)CCC=C(C)C)CCCC. The lowest BCUT2D eigenvalue weighted by Crippen LogP contribution is -2.23. The fourth-order valence-corrected chi connectivity index (χ4v) is 1.96. The van der Waals surface area contributed by atoms with E-state index in [2.05, 4.69) is 63.5 Å². The zero-order chi connectivity index (χ0) is 15.4. The van der Waals surface area contributed by atoms with Crippen molar-refractivity contribution in [2.75, 3.05) is 13.1 Å². The molecule has 0 aliphatic carbocycles. The topological polar surface area (TPSA) is 3.24 Å². The summed E-state index contributed by atoms with van der Waals surface area (Å²) in [5.74, 6) is 0. The van der Waals surface area contributed by atoms with Gasteiger partial charge in [0.05, 0.1) is 0 Å². The molecule has 0 unspecified atom stereocenters. The number of allylic oxidation sites excluding steroid dienone is 5. The summed E-state index contributed by atoms with van der Waals surface area (Å²) in [6.07, 6.45) is 13.6. The van der Waals surface area contributed by atoms with Gasteiger partial charge in [0.2, 0.25) is 0 Å². The molecule has 0 aromatic heterocycles. The van der Waals surface area contributed by atoms with Crippen LogP contribution in [0.5, 0.6) is 0 Å². The van der Waals surface area contributed by atoms with Crippen LogP contribution in [-0.4, -0.2) is 18.0 Å². The van der Waals surface area contributed by atoms with Crippen molar-refractivity contribution in [1.29, 1.82) is 0 Å². The molecule has 0 aromatic rings. The van der Waals surface area contributed by atoms with Crippen LogP contribution in [0.4, 0.5) is 0 Å². The Hall–Kier alpha value is -1.24. The molecule has 0 heterocycles. The van der Waals surface area contributed by atoms with Crippen LogP contribution in [0.25, 0.3) is 0 Å². The van der Waals surface area contributed by atoms with E-state index in [1.165, 1.54) is 24.0 Å². The molecule has 20 heavy (non-hydrogen) atoms. The summed E-state index contributed by atoms with van der Waals surface area (Å²) in [6.45, 7) is 17.1. The molecule has 0 aromatic carbocycles. The highest BCUT2D eigenvalue weighted by molar-refractivity contribution is 5.14. The van der Waals surface area contributed by atoms with Gasteiger partial charge in [-0.2, -0.15) is 0 Å². The van der Waals surface area contributed by atoms with Crippen molar-refractivity contribution < 1.29 is 0 Å². The number of hydrogen-bond acceptors (Lipinski definition) is 1. The molecule has 0 amide bonds. The van der Waals surface area contributed by atoms with Crippen LogP contribution in [0, 0.1) is 0 Å². The molecular weight excluding hydrogens is 242 g/mol. The standard InChI is InChI=1S/C19H33N/c1-7-9-15-20(19(6)11-8-2)16-14-18(5)13-10-12-17(3)4/h8,11-12,14H,6-7,9-10,13,15-16H2,1-5H3/b11-8+,18-14-. The molecule has 0 aliphatic heterocycles. The first kappa shape index (κ1) is 18.8. The number of hydrogen-bond donors (Lipinski definition) is 0. The van der Waals surface area contributed by atoms with E-state index in [-0.39, 0.29) is 0 Å². The predicted octanol–water partition coefficient (Wildman–Crippen LogP) is 5.87. The zero-order valence-corrected chi connectivity index (χ0v) is 14.2. The van der Waals surface area contributed by atoms with Crippen molar-refractivity contribution in [2.45, 2.75) is 60.3 Å². The van der Waals surface area contributed by atoms with Gasteiger partial charge in [-0.05, 0) is 53.0 Å². The Labute approximate surface area is 126 Å². The van der Waals surface area contributed by atoms with Crippen LogP contribution in [0.15, 0.2) is 47.7 Å². The summed E-state index contributed by atoms with van der Waals surface area (Å²) in [5.41, 5.74) is 4.00. The minimum absolute atomic E-state index is 0.976. The molecule has 0 fully saturated rings. The summed E-state index contributed by atoms with van der Waals surface area (Å²) in [6, 6.07) is 0. The lowest BCUT2D eigenvalue weighted by Gasteiger charge is -2.23. The van der Waals surface area contributed by atoms with Gasteiger partial charge in [0, 0.05) is 18.8 Å². The Bertz CT molecular complexity index is 354. The minimum atomic E-state index is 0.976. The molecule has 1 nitrogen and oxygen atoms in total. The van der Waals surface area contributed by atoms with Crippen molar-refractivity contribution >= 4 is 0 Å². The van der Waals surface area contributed by atoms with Crippen LogP contribution in [-0.2, 0) is 0 Å². The van der Waals surface area contributed by atoms with Crippen molar-refractivity contribution in [1.82, 2.24) is 4.90 Å². The Morgan fingerprint density at radius 2 is 1.85 bits per heavy atom. The average Bonchev–Trinajstić information content (AvgIpc) is 2.38. The van der Waals surface area contributed by atoms with E-state index >= 15 is 0 Å². The Morgan fingerprint density at radius 1 is 1.15 bits per heavy atom. The molecule has 114 valence electrons. The monoisotopic (exact) mass is 275 g/mol. The predicted molar refractivity (Wildman–Crippen MR) is 92.9 cm³/mol. The average molecular weight is 275 g/mol. The third kappa shape index (κ3) is 9.66. The van der Waals surface area contributed by atoms with Gasteiger partial charge in [-0.25, -0.2) is 0 Å². The summed E-state index contributed by atoms with van der Waals surface area (Å²) < 4.78 is 0. The molecule has 0 spiro atoms. The number of unbranched alkanes of at least 4 members (excludes halogenated alkanes) is 1. The highest BCUT2D eigenvalue weighted by Crippen LogP contribution is 2.10. The van der Waals surface area contributed by atoms with E-state index in [0.717, 1.165) is 31.6 Å². The van der Waals surface area contributed by atoms with E-state index in [9.17, 15) is 0 Å². The van der Waals surface area contributed by atoms with Crippen molar-refractivity contribution in [3.8, 4) is 0 Å². The van der Waals surface area contributed by atoms with Gasteiger partial charge in [-0.3, -0.25) is 0 Å². The Kier molecular flexibility index (Phi) is 10.9. The summed E-state index contributed by atoms with van der Waals surface area (Å²) in [5, 5.41) is 0. The van der Waals surface area contributed by atoms with Gasteiger partial charge in [-0.15, -0.1) is 0 Å². The fourth-order valence-electron chi connectivity index (χ4n) is 1.96. The van der Waals surface area contributed by atoms with E-state index in [4.69, 9.17) is 0 Å². The third-order valence-corrected chi connectivity index (χ3v) is 3.30. The van der Waals surface area contributed by atoms with Crippen molar-refractivity contribution in [3.63, 3.8) is 0 Å². The van der Waals surface area contributed by atoms with E-state index in [1.807, 2.05) is 6.92 Å². The number of nitrogens with zero attached hydrogens (tertiary/aromatic N) is 1. The molecule has 1 heteroatoms. The Balaban J connectivity index is 4.41. The normalized spacial score (nSPS) is 11.8. The quantitative estimate of drug-likeness (QED) is 0.356. The largest absolute Gasteiger partial charge is 0.368 e. The van der Waals surface area contributed by atoms with Crippen molar-refractivity contribution in [3.05, 3.63) is 47.7 Å². The van der Waals surface area contributed by atoms with Gasteiger partial charge in [0.25, 0.3) is 0 Å². The molecule has 0 saturated carbocycles. The molecule has 0 radical (unpaired) electrons. The maximum Gasteiger partial charge on any atom is 0.0361 e. The second-order valence-corrected chi connectivity index (χ2v) is 5.66. The molecule has 0 rings (SSSR count). The lowest BCUT2D eigenvalue weighted by molar-refractivity contribution is 0.382. The molecule has 0 saturated heterocycles. The molecule has 0 N–H and O–H groups in total. The summed E-state index contributed by atoms with van der Waals surface area (Å²) in [7, 11) is 0. The first-order valence-corrected chi connectivity index (χ1v) is 7.86. The second kappa shape index (κ2) is 11.6.